The second kappa shape index (κ2) is 4.34. The Morgan fingerprint density at radius 2 is 2.24 bits per heavy atom. The van der Waals surface area contributed by atoms with Gasteiger partial charge >= 0.3 is 5.97 Å². The van der Waals surface area contributed by atoms with Gasteiger partial charge in [0.05, 0.1) is 0 Å². The predicted molar refractivity (Wildman–Crippen MR) is 59.0 cm³/mol. The summed E-state index contributed by atoms with van der Waals surface area (Å²) in [5.41, 5.74) is 7.15. The molecule has 0 radical (unpaired) electrons. The molecule has 1 atom stereocenters. The Bertz CT molecular complexity index is 550. The molecule has 2 rings (SSSR count). The van der Waals surface area contributed by atoms with E-state index in [0.29, 0.717) is 0 Å². The first-order chi connectivity index (χ1) is 8.08. The van der Waals surface area contributed by atoms with Crippen LogP contribution >= 0.6 is 0 Å². The molecular weight excluding hydrogens is 222 g/mol. The van der Waals surface area contributed by atoms with Crippen LogP contribution in [0.2, 0.25) is 0 Å². The van der Waals surface area contributed by atoms with Gasteiger partial charge in [0.15, 0.2) is 6.04 Å². The van der Waals surface area contributed by atoms with Crippen molar-refractivity contribution in [3.63, 3.8) is 0 Å². The van der Waals surface area contributed by atoms with E-state index in [2.05, 4.69) is 10.2 Å². The predicted octanol–water partition coefficient (Wildman–Crippen LogP) is 1.13. The van der Waals surface area contributed by atoms with Crippen molar-refractivity contribution in [2.75, 3.05) is 0 Å². The SMILES string of the molecule is Cc1cccc(-c2nnc(C(N)C(=O)O)o2)c1. The first kappa shape index (κ1) is 11.3. The van der Waals surface area contributed by atoms with E-state index in [4.69, 9.17) is 15.3 Å². The van der Waals surface area contributed by atoms with Crippen LogP contribution in [0, 0.1) is 6.92 Å². The van der Waals surface area contributed by atoms with Crippen LogP contribution in [0.5, 0.6) is 0 Å². The van der Waals surface area contributed by atoms with Gasteiger partial charge in [-0.25, -0.2) is 4.79 Å². The van der Waals surface area contributed by atoms with Gasteiger partial charge in [0, 0.05) is 5.56 Å². The van der Waals surface area contributed by atoms with Crippen molar-refractivity contribution < 1.29 is 14.3 Å². The van der Waals surface area contributed by atoms with E-state index < -0.39 is 12.0 Å². The Morgan fingerprint density at radius 1 is 1.47 bits per heavy atom. The average molecular weight is 233 g/mol. The molecule has 1 aromatic carbocycles. The highest BCUT2D eigenvalue weighted by Gasteiger charge is 2.21. The molecule has 0 amide bonds. The summed E-state index contributed by atoms with van der Waals surface area (Å²) in [6.07, 6.45) is 0. The largest absolute Gasteiger partial charge is 0.480 e. The number of nitrogens with two attached hydrogens (primary N) is 1. The molecule has 0 saturated heterocycles. The summed E-state index contributed by atoms with van der Waals surface area (Å²) in [6.45, 7) is 1.93. The molecule has 0 aliphatic heterocycles. The summed E-state index contributed by atoms with van der Waals surface area (Å²) in [6, 6.07) is 6.16. The molecule has 0 spiro atoms. The molecule has 0 bridgehead atoms. The fourth-order valence-corrected chi connectivity index (χ4v) is 1.36. The molecule has 6 heteroatoms. The van der Waals surface area contributed by atoms with Crippen molar-refractivity contribution >= 4 is 5.97 Å². The maximum absolute atomic E-state index is 10.6. The zero-order valence-electron chi connectivity index (χ0n) is 9.12. The Hall–Kier alpha value is -2.21. The molecule has 3 N–H and O–H groups in total. The van der Waals surface area contributed by atoms with E-state index in [9.17, 15) is 4.79 Å². The minimum atomic E-state index is -1.29. The molecule has 0 aliphatic carbocycles. The van der Waals surface area contributed by atoms with Gasteiger partial charge in [0.1, 0.15) is 0 Å². The van der Waals surface area contributed by atoms with Crippen molar-refractivity contribution in [3.8, 4) is 11.5 Å². The number of aliphatic carboxylic acids is 1. The third-order valence-corrected chi connectivity index (χ3v) is 2.24. The summed E-state index contributed by atoms with van der Waals surface area (Å²) in [7, 11) is 0. The molecule has 88 valence electrons. The molecular formula is C11H11N3O3. The van der Waals surface area contributed by atoms with Crippen LogP contribution < -0.4 is 5.73 Å². The van der Waals surface area contributed by atoms with Gasteiger partial charge < -0.3 is 15.3 Å². The topological polar surface area (TPSA) is 102 Å². The number of carboxylic acids is 1. The lowest BCUT2D eigenvalue weighted by Gasteiger charge is -1.99. The van der Waals surface area contributed by atoms with E-state index in [-0.39, 0.29) is 11.8 Å². The normalized spacial score (nSPS) is 12.4. The van der Waals surface area contributed by atoms with Crippen molar-refractivity contribution in [2.45, 2.75) is 13.0 Å². The van der Waals surface area contributed by atoms with E-state index >= 15 is 0 Å². The highest BCUT2D eigenvalue weighted by molar-refractivity contribution is 5.73. The van der Waals surface area contributed by atoms with E-state index in [1.807, 2.05) is 25.1 Å². The lowest BCUT2D eigenvalue weighted by atomic mass is 10.1. The summed E-state index contributed by atoms with van der Waals surface area (Å²) >= 11 is 0. The van der Waals surface area contributed by atoms with E-state index in [1.54, 1.807) is 6.07 Å². The van der Waals surface area contributed by atoms with Crippen molar-refractivity contribution in [1.29, 1.82) is 0 Å². The standard InChI is InChI=1S/C11H11N3O3/c1-6-3-2-4-7(5-6)9-13-14-10(17-9)8(12)11(15)16/h2-5,8H,12H2,1H3,(H,15,16). The van der Waals surface area contributed by atoms with Gasteiger partial charge in [-0.2, -0.15) is 0 Å². The van der Waals surface area contributed by atoms with Crippen LogP contribution in [-0.4, -0.2) is 21.3 Å². The van der Waals surface area contributed by atoms with Gasteiger partial charge in [-0.15, -0.1) is 10.2 Å². The molecule has 6 nitrogen and oxygen atoms in total. The monoisotopic (exact) mass is 233 g/mol. The highest BCUT2D eigenvalue weighted by Crippen LogP contribution is 2.20. The number of nitrogens with zero attached hydrogens (tertiary/aromatic N) is 2. The summed E-state index contributed by atoms with van der Waals surface area (Å²) in [4.78, 5) is 10.6. The van der Waals surface area contributed by atoms with Crippen LogP contribution in [-0.2, 0) is 4.79 Å². The second-order valence-electron chi connectivity index (χ2n) is 3.63. The quantitative estimate of drug-likeness (QED) is 0.823. The fraction of sp³-hybridized carbons (Fsp3) is 0.182. The third kappa shape index (κ3) is 2.31. The first-order valence-electron chi connectivity index (χ1n) is 4.97. The minimum absolute atomic E-state index is 0.103. The maximum Gasteiger partial charge on any atom is 0.330 e. The number of benzene rings is 1. The zero-order valence-corrected chi connectivity index (χ0v) is 9.12. The smallest absolute Gasteiger partial charge is 0.330 e. The van der Waals surface area contributed by atoms with E-state index in [1.165, 1.54) is 0 Å². The Morgan fingerprint density at radius 3 is 2.88 bits per heavy atom. The Labute approximate surface area is 97.1 Å². The van der Waals surface area contributed by atoms with Crippen molar-refractivity contribution in [1.82, 2.24) is 10.2 Å². The fourth-order valence-electron chi connectivity index (χ4n) is 1.36. The number of aryl methyl sites for hydroxylation is 1. The molecule has 1 aromatic heterocycles. The van der Waals surface area contributed by atoms with Gasteiger partial charge in [-0.1, -0.05) is 17.7 Å². The molecule has 2 aromatic rings. The number of hydrogen-bond donors (Lipinski definition) is 2. The second-order valence-corrected chi connectivity index (χ2v) is 3.63. The summed E-state index contributed by atoms with van der Waals surface area (Å²) in [5, 5.41) is 16.1. The molecule has 0 saturated carbocycles. The molecule has 0 aliphatic rings. The zero-order chi connectivity index (χ0) is 12.4. The van der Waals surface area contributed by atoms with Crippen LogP contribution in [0.25, 0.3) is 11.5 Å². The maximum atomic E-state index is 10.6. The van der Waals surface area contributed by atoms with Crippen LogP contribution in [0.1, 0.15) is 17.5 Å². The van der Waals surface area contributed by atoms with Gasteiger partial charge in [0.25, 0.3) is 0 Å². The summed E-state index contributed by atoms with van der Waals surface area (Å²) < 4.78 is 5.22. The number of rotatable bonds is 3. The lowest BCUT2D eigenvalue weighted by molar-refractivity contribution is -0.139. The van der Waals surface area contributed by atoms with Crippen LogP contribution in [0.3, 0.4) is 0 Å². The Kier molecular flexibility index (Phi) is 2.88. The number of carbonyl (C=O) groups is 1. The number of hydrogen-bond acceptors (Lipinski definition) is 5. The molecule has 1 unspecified atom stereocenters. The number of aromatic nitrogens is 2. The van der Waals surface area contributed by atoms with Crippen LogP contribution in [0.15, 0.2) is 28.7 Å². The van der Waals surface area contributed by atoms with Gasteiger partial charge in [0.2, 0.25) is 11.8 Å². The number of carboxylic acid groups (broad SMARTS) is 1. The first-order valence-corrected chi connectivity index (χ1v) is 4.97. The van der Waals surface area contributed by atoms with Gasteiger partial charge in [-0.3, -0.25) is 0 Å². The van der Waals surface area contributed by atoms with Crippen molar-refractivity contribution in [3.05, 3.63) is 35.7 Å². The highest BCUT2D eigenvalue weighted by atomic mass is 16.4. The average Bonchev–Trinajstić information content (AvgIpc) is 2.77. The Balaban J connectivity index is 2.33. The minimum Gasteiger partial charge on any atom is -0.480 e. The molecule has 0 fully saturated rings. The third-order valence-electron chi connectivity index (χ3n) is 2.24. The van der Waals surface area contributed by atoms with Crippen molar-refractivity contribution in [2.24, 2.45) is 5.73 Å². The lowest BCUT2D eigenvalue weighted by Crippen LogP contribution is -2.20. The van der Waals surface area contributed by atoms with Gasteiger partial charge in [-0.05, 0) is 19.1 Å². The van der Waals surface area contributed by atoms with Crippen LogP contribution in [0.4, 0.5) is 0 Å². The summed E-state index contributed by atoms with van der Waals surface area (Å²) in [5.74, 6) is -1.04. The molecule has 17 heavy (non-hydrogen) atoms. The van der Waals surface area contributed by atoms with E-state index in [0.717, 1.165) is 11.1 Å². The molecule has 1 heterocycles.